The summed E-state index contributed by atoms with van der Waals surface area (Å²) in [5, 5.41) is 6.31. The number of carbonyl (C=O) groups excluding carboxylic acids is 1. The summed E-state index contributed by atoms with van der Waals surface area (Å²) in [7, 11) is 1.61. The number of benzene rings is 2. The fraction of sp³-hybridized carbons (Fsp3) is 0.444. The molecule has 2 fully saturated rings. The van der Waals surface area contributed by atoms with E-state index in [1.807, 2.05) is 31.2 Å². The maximum atomic E-state index is 10.9. The van der Waals surface area contributed by atoms with Crippen molar-refractivity contribution in [1.82, 2.24) is 10.6 Å². The molecule has 5 rings (SSSR count). The van der Waals surface area contributed by atoms with Crippen LogP contribution in [-0.2, 0) is 16.6 Å². The standard InChI is InChI=1S/C16H21N.C11H13NO/c1-2-6-13-12(5-1)11-15-14-7-3-4-8-16(13,14)9-10-17-15;1-9-4-3-5-10(8-9)6-7-11(13)12-2/h1-2,5-6,14-15,17H,3-4,7-11H2;3-8H,1-2H3,(H,12,13)/t14-,15+,16-;/m0./s1. The van der Waals surface area contributed by atoms with Gasteiger partial charge in [-0.1, -0.05) is 66.9 Å². The Bertz CT molecular complexity index is 915. The van der Waals surface area contributed by atoms with E-state index < -0.39 is 0 Å². The molecular weight excluding hydrogens is 368 g/mol. The molecule has 3 heteroatoms. The molecule has 0 unspecified atom stereocenters. The number of hydrogen-bond acceptors (Lipinski definition) is 2. The highest BCUT2D eigenvalue weighted by Crippen LogP contribution is 2.53. The van der Waals surface area contributed by atoms with Crippen molar-refractivity contribution in [2.75, 3.05) is 13.6 Å². The third kappa shape index (κ3) is 4.22. The normalized spacial score (nSPS) is 26.7. The molecule has 1 amide bonds. The Morgan fingerprint density at radius 3 is 2.83 bits per heavy atom. The molecule has 1 saturated heterocycles. The zero-order valence-corrected chi connectivity index (χ0v) is 18.3. The highest BCUT2D eigenvalue weighted by atomic mass is 16.1. The van der Waals surface area contributed by atoms with Gasteiger partial charge in [0.2, 0.25) is 5.91 Å². The molecule has 30 heavy (non-hydrogen) atoms. The number of aryl methyl sites for hydroxylation is 1. The van der Waals surface area contributed by atoms with Crippen molar-refractivity contribution in [3.8, 4) is 0 Å². The van der Waals surface area contributed by atoms with Crippen molar-refractivity contribution in [1.29, 1.82) is 0 Å². The number of fused-ring (bicyclic) bond motifs is 1. The molecule has 1 heterocycles. The fourth-order valence-corrected chi connectivity index (χ4v) is 5.92. The van der Waals surface area contributed by atoms with Crippen LogP contribution in [0.3, 0.4) is 0 Å². The van der Waals surface area contributed by atoms with Gasteiger partial charge in [0.05, 0.1) is 0 Å². The van der Waals surface area contributed by atoms with Gasteiger partial charge in [-0.2, -0.15) is 0 Å². The molecule has 0 spiro atoms. The molecule has 3 atom stereocenters. The molecule has 2 aromatic carbocycles. The van der Waals surface area contributed by atoms with E-state index in [2.05, 4.69) is 34.9 Å². The summed E-state index contributed by atoms with van der Waals surface area (Å²) >= 11 is 0. The number of amides is 1. The molecule has 2 aromatic rings. The van der Waals surface area contributed by atoms with E-state index in [-0.39, 0.29) is 5.91 Å². The number of piperidine rings is 1. The second kappa shape index (κ2) is 9.18. The second-order valence-electron chi connectivity index (χ2n) is 9.04. The van der Waals surface area contributed by atoms with E-state index in [0.717, 1.165) is 17.5 Å². The average Bonchev–Trinajstić information content (AvgIpc) is 2.78. The Hall–Kier alpha value is -2.39. The summed E-state index contributed by atoms with van der Waals surface area (Å²) in [5.74, 6) is 0.835. The van der Waals surface area contributed by atoms with Gasteiger partial charge in [0, 0.05) is 24.6 Å². The Labute approximate surface area is 181 Å². The van der Waals surface area contributed by atoms with Crippen LogP contribution in [0, 0.1) is 12.8 Å². The Morgan fingerprint density at radius 2 is 2.00 bits per heavy atom. The highest BCUT2D eigenvalue weighted by molar-refractivity contribution is 5.91. The van der Waals surface area contributed by atoms with Gasteiger partial charge >= 0.3 is 0 Å². The molecule has 2 bridgehead atoms. The van der Waals surface area contributed by atoms with Crippen molar-refractivity contribution in [2.24, 2.45) is 5.92 Å². The molecule has 2 N–H and O–H groups in total. The molecule has 0 aromatic heterocycles. The van der Waals surface area contributed by atoms with E-state index in [9.17, 15) is 4.79 Å². The first-order chi connectivity index (χ1) is 14.6. The number of rotatable bonds is 2. The van der Waals surface area contributed by atoms with Crippen molar-refractivity contribution in [2.45, 2.75) is 56.9 Å². The summed E-state index contributed by atoms with van der Waals surface area (Å²) < 4.78 is 0. The van der Waals surface area contributed by atoms with Gasteiger partial charge < -0.3 is 10.6 Å². The van der Waals surface area contributed by atoms with E-state index in [4.69, 9.17) is 0 Å². The lowest BCUT2D eigenvalue weighted by Gasteiger charge is -2.56. The lowest BCUT2D eigenvalue weighted by Crippen LogP contribution is -2.59. The summed E-state index contributed by atoms with van der Waals surface area (Å²) in [6.45, 7) is 3.26. The van der Waals surface area contributed by atoms with Crippen LogP contribution >= 0.6 is 0 Å². The fourth-order valence-electron chi connectivity index (χ4n) is 5.92. The summed E-state index contributed by atoms with van der Waals surface area (Å²) in [6.07, 6.45) is 11.7. The molecule has 3 nitrogen and oxygen atoms in total. The van der Waals surface area contributed by atoms with Crippen LogP contribution in [0.5, 0.6) is 0 Å². The summed E-state index contributed by atoms with van der Waals surface area (Å²) in [6, 6.07) is 18.0. The smallest absolute Gasteiger partial charge is 0.243 e. The molecule has 2 aliphatic carbocycles. The lowest BCUT2D eigenvalue weighted by atomic mass is 9.53. The van der Waals surface area contributed by atoms with E-state index >= 15 is 0 Å². The topological polar surface area (TPSA) is 41.1 Å². The molecule has 158 valence electrons. The van der Waals surface area contributed by atoms with Crippen LogP contribution in [0.15, 0.2) is 54.6 Å². The minimum Gasteiger partial charge on any atom is -0.356 e. The zero-order valence-electron chi connectivity index (χ0n) is 18.3. The monoisotopic (exact) mass is 402 g/mol. The van der Waals surface area contributed by atoms with Gasteiger partial charge in [-0.25, -0.2) is 0 Å². The van der Waals surface area contributed by atoms with E-state index in [0.29, 0.717) is 5.41 Å². The average molecular weight is 403 g/mol. The predicted molar refractivity (Wildman–Crippen MR) is 124 cm³/mol. The van der Waals surface area contributed by atoms with Crippen molar-refractivity contribution >= 4 is 12.0 Å². The van der Waals surface area contributed by atoms with Crippen molar-refractivity contribution < 1.29 is 4.79 Å². The van der Waals surface area contributed by atoms with Crippen LogP contribution < -0.4 is 10.6 Å². The number of hydrogen-bond donors (Lipinski definition) is 2. The quantitative estimate of drug-likeness (QED) is 0.710. The minimum atomic E-state index is -0.0819. The van der Waals surface area contributed by atoms with E-state index in [1.54, 1.807) is 24.3 Å². The van der Waals surface area contributed by atoms with Crippen molar-refractivity contribution in [3.63, 3.8) is 0 Å². The zero-order chi connectivity index (χ0) is 21.0. The van der Waals surface area contributed by atoms with E-state index in [1.165, 1.54) is 56.7 Å². The Kier molecular flexibility index (Phi) is 6.38. The minimum absolute atomic E-state index is 0.0819. The maximum Gasteiger partial charge on any atom is 0.243 e. The van der Waals surface area contributed by atoms with Crippen LogP contribution in [-0.4, -0.2) is 25.5 Å². The number of likely N-dealkylation sites (N-methyl/N-ethyl adjacent to an activating group) is 1. The van der Waals surface area contributed by atoms with Crippen molar-refractivity contribution in [3.05, 3.63) is 76.9 Å². The SMILES string of the molecule is CNC(=O)C=Cc1cccc(C)c1.c1ccc2c(c1)C[C@H]1NCC[C@@]23CCCC[C@@H]13. The number of nitrogens with one attached hydrogen (secondary N) is 2. The maximum absolute atomic E-state index is 10.9. The molecular formula is C27H34N2O. The van der Waals surface area contributed by atoms with Gasteiger partial charge in [-0.05, 0) is 67.8 Å². The third-order valence-corrected chi connectivity index (χ3v) is 7.27. The van der Waals surface area contributed by atoms with Gasteiger partial charge in [0.15, 0.2) is 0 Å². The first-order valence-electron chi connectivity index (χ1n) is 11.4. The molecule has 1 aliphatic heterocycles. The summed E-state index contributed by atoms with van der Waals surface area (Å²) in [4.78, 5) is 10.9. The van der Waals surface area contributed by atoms with Gasteiger partial charge in [-0.15, -0.1) is 0 Å². The van der Waals surface area contributed by atoms with Crippen LogP contribution in [0.2, 0.25) is 0 Å². The Morgan fingerprint density at radius 1 is 1.13 bits per heavy atom. The molecule has 0 radical (unpaired) electrons. The number of carbonyl (C=O) groups is 1. The lowest BCUT2D eigenvalue weighted by molar-refractivity contribution is -0.115. The third-order valence-electron chi connectivity index (χ3n) is 7.27. The predicted octanol–water partition coefficient (Wildman–Crippen LogP) is 4.79. The first-order valence-corrected chi connectivity index (χ1v) is 11.4. The first kappa shape index (κ1) is 20.9. The molecule has 3 aliphatic rings. The van der Waals surface area contributed by atoms with Gasteiger partial charge in [0.25, 0.3) is 0 Å². The highest BCUT2D eigenvalue weighted by Gasteiger charge is 2.51. The van der Waals surface area contributed by atoms with Crippen LogP contribution in [0.4, 0.5) is 0 Å². The van der Waals surface area contributed by atoms with Crippen LogP contribution in [0.1, 0.15) is 54.4 Å². The van der Waals surface area contributed by atoms with Gasteiger partial charge in [0.1, 0.15) is 0 Å². The molecule has 1 saturated carbocycles. The largest absolute Gasteiger partial charge is 0.356 e. The van der Waals surface area contributed by atoms with Gasteiger partial charge in [-0.3, -0.25) is 4.79 Å². The summed E-state index contributed by atoms with van der Waals surface area (Å²) in [5.41, 5.74) is 6.12. The second-order valence-corrected chi connectivity index (χ2v) is 9.04. The van der Waals surface area contributed by atoms with Crippen LogP contribution in [0.25, 0.3) is 6.08 Å². The Balaban J connectivity index is 0.000000152.